The van der Waals surface area contributed by atoms with Crippen LogP contribution in [0, 0.1) is 0 Å². The zero-order valence-electron chi connectivity index (χ0n) is 18.1. The molecule has 9 nitrogen and oxygen atoms in total. The number of nitrogens with one attached hydrogen (secondary N) is 2. The Morgan fingerprint density at radius 3 is 2.39 bits per heavy atom. The molecule has 12 heteroatoms. The number of aromatic nitrogens is 2. The Labute approximate surface area is 218 Å². The van der Waals surface area contributed by atoms with Crippen molar-refractivity contribution in [3.05, 3.63) is 94.0 Å². The van der Waals surface area contributed by atoms with Gasteiger partial charge in [0.15, 0.2) is 0 Å². The molecular formula is C24H15Cl2N5O4S. The van der Waals surface area contributed by atoms with Gasteiger partial charge in [-0.1, -0.05) is 64.9 Å². The van der Waals surface area contributed by atoms with Crippen LogP contribution in [0.25, 0.3) is 10.6 Å². The first-order valence-electron chi connectivity index (χ1n) is 10.2. The Balaban J connectivity index is 1.28. The molecule has 0 saturated carbocycles. The average molecular weight is 540 g/mol. The summed E-state index contributed by atoms with van der Waals surface area (Å²) in [6.07, 6.45) is 1.32. The van der Waals surface area contributed by atoms with Gasteiger partial charge in [0, 0.05) is 10.6 Å². The summed E-state index contributed by atoms with van der Waals surface area (Å²) < 4.78 is 5.29. The number of halogens is 2. The van der Waals surface area contributed by atoms with E-state index in [-0.39, 0.29) is 21.5 Å². The summed E-state index contributed by atoms with van der Waals surface area (Å²) in [4.78, 5) is 36.4. The molecule has 1 heterocycles. The van der Waals surface area contributed by atoms with E-state index in [0.717, 1.165) is 16.9 Å². The van der Waals surface area contributed by atoms with E-state index in [1.807, 2.05) is 30.3 Å². The lowest BCUT2D eigenvalue weighted by molar-refractivity contribution is -0.136. The molecular weight excluding hydrogens is 525 g/mol. The Kier molecular flexibility index (Phi) is 8.01. The van der Waals surface area contributed by atoms with E-state index in [1.165, 1.54) is 36.5 Å². The number of nitrogens with zero attached hydrogens (tertiary/aromatic N) is 3. The first-order valence-corrected chi connectivity index (χ1v) is 11.8. The van der Waals surface area contributed by atoms with Crippen LogP contribution < -0.4 is 15.5 Å². The number of hydrogen-bond donors (Lipinski definition) is 2. The van der Waals surface area contributed by atoms with Crippen molar-refractivity contribution < 1.29 is 19.1 Å². The van der Waals surface area contributed by atoms with Crippen molar-refractivity contribution in [1.82, 2.24) is 15.6 Å². The Morgan fingerprint density at radius 1 is 0.917 bits per heavy atom. The second-order valence-corrected chi connectivity index (χ2v) is 8.84. The molecule has 0 radical (unpaired) electrons. The number of hydrogen-bond acceptors (Lipinski definition) is 8. The highest BCUT2D eigenvalue weighted by Gasteiger charge is 2.16. The fourth-order valence-corrected chi connectivity index (χ4v) is 4.01. The van der Waals surface area contributed by atoms with Gasteiger partial charge < -0.3 is 4.74 Å². The second kappa shape index (κ2) is 11.5. The first-order chi connectivity index (χ1) is 17.4. The molecule has 0 spiro atoms. The number of anilines is 1. The van der Waals surface area contributed by atoms with E-state index in [0.29, 0.717) is 15.6 Å². The van der Waals surface area contributed by atoms with E-state index in [1.54, 1.807) is 12.1 Å². The van der Waals surface area contributed by atoms with Crippen molar-refractivity contribution in [3.63, 3.8) is 0 Å². The van der Waals surface area contributed by atoms with Crippen LogP contribution in [-0.2, 0) is 9.59 Å². The Morgan fingerprint density at radius 2 is 1.67 bits per heavy atom. The molecule has 2 amide bonds. The quantitative estimate of drug-likeness (QED) is 0.119. The SMILES string of the molecule is O=C(NN=Cc1ccc(OC(=O)c2ccc(Cl)cc2Cl)cc1)C(=O)Nc1nnc(-c2ccccc2)s1. The Bertz CT molecular complexity index is 1440. The molecule has 0 aliphatic carbocycles. The molecule has 1 aromatic heterocycles. The molecule has 0 aliphatic heterocycles. The zero-order valence-corrected chi connectivity index (χ0v) is 20.5. The minimum Gasteiger partial charge on any atom is -0.423 e. The Hall–Kier alpha value is -4.12. The lowest BCUT2D eigenvalue weighted by atomic mass is 10.2. The van der Waals surface area contributed by atoms with Crippen LogP contribution in [0.4, 0.5) is 5.13 Å². The van der Waals surface area contributed by atoms with Gasteiger partial charge in [-0.05, 0) is 48.0 Å². The second-order valence-electron chi connectivity index (χ2n) is 7.01. The van der Waals surface area contributed by atoms with Crippen molar-refractivity contribution in [2.24, 2.45) is 5.10 Å². The average Bonchev–Trinajstić information content (AvgIpc) is 3.34. The lowest BCUT2D eigenvalue weighted by Gasteiger charge is -2.06. The van der Waals surface area contributed by atoms with Gasteiger partial charge in [-0.2, -0.15) is 5.10 Å². The minimum atomic E-state index is -0.979. The van der Waals surface area contributed by atoms with Gasteiger partial charge in [0.1, 0.15) is 10.8 Å². The van der Waals surface area contributed by atoms with Crippen LogP contribution >= 0.6 is 34.5 Å². The molecule has 4 rings (SSSR count). The maximum atomic E-state index is 12.3. The first kappa shape index (κ1) is 25.0. The third-order valence-corrected chi connectivity index (χ3v) is 5.93. The summed E-state index contributed by atoms with van der Waals surface area (Å²) in [5, 5.41) is 15.4. The van der Waals surface area contributed by atoms with E-state index in [2.05, 4.69) is 26.0 Å². The van der Waals surface area contributed by atoms with Crippen molar-refractivity contribution in [3.8, 4) is 16.3 Å². The van der Waals surface area contributed by atoms with Crippen LogP contribution in [0.15, 0.2) is 77.9 Å². The number of carbonyl (C=O) groups is 3. The van der Waals surface area contributed by atoms with Crippen molar-refractivity contribution in [2.45, 2.75) is 0 Å². The van der Waals surface area contributed by atoms with Gasteiger partial charge in [-0.3, -0.25) is 14.9 Å². The van der Waals surface area contributed by atoms with E-state index < -0.39 is 17.8 Å². The van der Waals surface area contributed by atoms with Gasteiger partial charge in [-0.15, -0.1) is 10.2 Å². The highest BCUT2D eigenvalue weighted by atomic mass is 35.5. The maximum absolute atomic E-state index is 12.3. The molecule has 0 saturated heterocycles. The number of esters is 1. The van der Waals surface area contributed by atoms with Crippen LogP contribution in [0.1, 0.15) is 15.9 Å². The van der Waals surface area contributed by atoms with Gasteiger partial charge in [0.05, 0.1) is 16.8 Å². The summed E-state index contributed by atoms with van der Waals surface area (Å²) in [5.74, 6) is -2.28. The number of carbonyl (C=O) groups excluding carboxylic acids is 3. The fourth-order valence-electron chi connectivity index (χ4n) is 2.78. The summed E-state index contributed by atoms with van der Waals surface area (Å²) in [7, 11) is 0. The van der Waals surface area contributed by atoms with Crippen molar-refractivity contribution >= 4 is 63.7 Å². The number of ether oxygens (including phenoxy) is 1. The molecule has 36 heavy (non-hydrogen) atoms. The standard InChI is InChI=1S/C24H15Cl2N5O4S/c25-16-8-11-18(19(26)12-16)23(34)35-17-9-6-14(7-10-17)13-27-29-21(33)20(32)28-24-31-30-22(36-24)15-4-2-1-3-5-15/h1-13H,(H,29,33)(H,28,31,32). The largest absolute Gasteiger partial charge is 0.423 e. The molecule has 0 aliphatic rings. The third kappa shape index (κ3) is 6.51. The molecule has 3 aromatic carbocycles. The lowest BCUT2D eigenvalue weighted by Crippen LogP contribution is -2.32. The number of hydrazone groups is 1. The fraction of sp³-hybridized carbons (Fsp3) is 0. The highest BCUT2D eigenvalue weighted by Crippen LogP contribution is 2.26. The molecule has 0 bridgehead atoms. The molecule has 0 unspecified atom stereocenters. The van der Waals surface area contributed by atoms with Gasteiger partial charge >= 0.3 is 17.8 Å². The van der Waals surface area contributed by atoms with E-state index in [4.69, 9.17) is 27.9 Å². The van der Waals surface area contributed by atoms with E-state index >= 15 is 0 Å². The summed E-state index contributed by atoms with van der Waals surface area (Å²) >= 11 is 13.0. The van der Waals surface area contributed by atoms with E-state index in [9.17, 15) is 14.4 Å². The predicted octanol–water partition coefficient (Wildman–Crippen LogP) is 4.82. The monoisotopic (exact) mass is 539 g/mol. The molecule has 180 valence electrons. The van der Waals surface area contributed by atoms with Crippen LogP contribution in [-0.4, -0.2) is 34.2 Å². The van der Waals surface area contributed by atoms with Gasteiger partial charge in [0.2, 0.25) is 5.13 Å². The van der Waals surface area contributed by atoms with Crippen LogP contribution in [0.2, 0.25) is 10.0 Å². The zero-order chi connectivity index (χ0) is 25.5. The van der Waals surface area contributed by atoms with Crippen molar-refractivity contribution in [1.29, 1.82) is 0 Å². The number of amides is 2. The maximum Gasteiger partial charge on any atom is 0.345 e. The van der Waals surface area contributed by atoms with Crippen LogP contribution in [0.5, 0.6) is 5.75 Å². The smallest absolute Gasteiger partial charge is 0.345 e. The molecule has 0 atom stereocenters. The normalized spacial score (nSPS) is 10.7. The minimum absolute atomic E-state index is 0.178. The third-order valence-electron chi connectivity index (χ3n) is 4.49. The topological polar surface area (TPSA) is 123 Å². The predicted molar refractivity (Wildman–Crippen MR) is 138 cm³/mol. The highest BCUT2D eigenvalue weighted by molar-refractivity contribution is 7.18. The summed E-state index contributed by atoms with van der Waals surface area (Å²) in [6.45, 7) is 0. The van der Waals surface area contributed by atoms with Gasteiger partial charge in [0.25, 0.3) is 0 Å². The molecule has 2 N–H and O–H groups in total. The summed E-state index contributed by atoms with van der Waals surface area (Å²) in [5.41, 5.74) is 3.74. The van der Waals surface area contributed by atoms with Gasteiger partial charge in [-0.25, -0.2) is 10.2 Å². The number of benzene rings is 3. The number of rotatable bonds is 6. The van der Waals surface area contributed by atoms with Crippen molar-refractivity contribution in [2.75, 3.05) is 5.32 Å². The molecule has 0 fully saturated rings. The van der Waals surface area contributed by atoms with Crippen LogP contribution in [0.3, 0.4) is 0 Å². The molecule has 4 aromatic rings. The summed E-state index contributed by atoms with van der Waals surface area (Å²) in [6, 6.07) is 20.1.